The molecule has 0 aliphatic carbocycles. The lowest BCUT2D eigenvalue weighted by Gasteiger charge is -2.11. The van der Waals surface area contributed by atoms with Gasteiger partial charge in [0.05, 0.1) is 0 Å². The molecule has 1 heterocycles. The van der Waals surface area contributed by atoms with Crippen molar-refractivity contribution < 1.29 is 52.5 Å². The van der Waals surface area contributed by atoms with Gasteiger partial charge in [0.2, 0.25) is 0 Å². The molecule has 1 aromatic heterocycles. The molecular formula is C10H13F6N2O5S2+. The van der Waals surface area contributed by atoms with Gasteiger partial charge in [-0.3, -0.25) is 0 Å². The Balaban J connectivity index is 0.000000496. The van der Waals surface area contributed by atoms with E-state index in [0.717, 1.165) is 13.2 Å². The highest BCUT2D eigenvalue weighted by atomic mass is 32.3. The molecule has 0 saturated heterocycles. The average Bonchev–Trinajstić information content (AvgIpc) is 2.43. The van der Waals surface area contributed by atoms with Crippen LogP contribution >= 0.6 is 0 Å². The smallest absolute Gasteiger partial charge is 0.378 e. The number of nitrogens with zero attached hydrogens (tertiary/aromatic N) is 1. The maximum atomic E-state index is 11.5. The van der Waals surface area contributed by atoms with Crippen LogP contribution in [-0.4, -0.2) is 41.6 Å². The van der Waals surface area contributed by atoms with E-state index in [1.54, 1.807) is 7.11 Å². The first kappa shape index (κ1) is 23.5. The van der Waals surface area contributed by atoms with Crippen LogP contribution in [0.25, 0.3) is 0 Å². The van der Waals surface area contributed by atoms with Gasteiger partial charge in [0.1, 0.15) is 6.61 Å². The van der Waals surface area contributed by atoms with Crippen molar-refractivity contribution in [2.24, 2.45) is 0 Å². The Hall–Kier alpha value is -1.45. The molecular weight excluding hydrogens is 406 g/mol. The summed E-state index contributed by atoms with van der Waals surface area (Å²) >= 11 is 0. The van der Waals surface area contributed by atoms with E-state index in [1.165, 1.54) is 0 Å². The highest BCUT2D eigenvalue weighted by Crippen LogP contribution is 2.27. The maximum absolute atomic E-state index is 11.5. The van der Waals surface area contributed by atoms with Gasteiger partial charge in [0.15, 0.2) is 18.9 Å². The molecule has 0 fully saturated rings. The molecule has 0 spiro atoms. The summed E-state index contributed by atoms with van der Waals surface area (Å²) in [5.41, 5.74) is -12.3. The van der Waals surface area contributed by atoms with Crippen molar-refractivity contribution in [3.05, 3.63) is 30.6 Å². The van der Waals surface area contributed by atoms with Gasteiger partial charge in [-0.15, -0.1) is 0 Å². The third-order valence-electron chi connectivity index (χ3n) is 2.16. The fourth-order valence-corrected chi connectivity index (χ4v) is 2.93. The standard InChI is InChI=1S/C8H12NO.C2HF6NO4S2/c1-10-8-7-9-5-3-2-4-6-9;3-1(4,5)14(10,11)9-15(12,13)2(6,7)8/h2-6H,7-8H2,1H3;9H/q+1;. The second-order valence-electron chi connectivity index (χ2n) is 4.09. The summed E-state index contributed by atoms with van der Waals surface area (Å²) in [6.07, 6.45) is 4.05. The van der Waals surface area contributed by atoms with Crippen molar-refractivity contribution >= 4 is 20.0 Å². The Morgan fingerprint density at radius 2 is 1.28 bits per heavy atom. The molecule has 25 heavy (non-hydrogen) atoms. The highest BCUT2D eigenvalue weighted by Gasteiger charge is 2.55. The van der Waals surface area contributed by atoms with Crippen molar-refractivity contribution in [3.8, 4) is 0 Å². The Morgan fingerprint density at radius 1 is 0.880 bits per heavy atom. The van der Waals surface area contributed by atoms with Crippen molar-refractivity contribution in [1.82, 2.24) is 4.13 Å². The van der Waals surface area contributed by atoms with Crippen molar-refractivity contribution in [2.45, 2.75) is 17.6 Å². The average molecular weight is 419 g/mol. The number of pyridine rings is 1. The number of halogens is 6. The Bertz CT molecular complexity index is 689. The number of ether oxygens (including phenoxy) is 1. The maximum Gasteiger partial charge on any atom is 0.512 e. The summed E-state index contributed by atoms with van der Waals surface area (Å²) in [5.74, 6) is 0. The Kier molecular flexibility index (Phi) is 8.26. The predicted octanol–water partition coefficient (Wildman–Crippen LogP) is 0.896. The number of rotatable bonds is 5. The number of hydrogen-bond acceptors (Lipinski definition) is 5. The number of nitrogens with one attached hydrogen (secondary N) is 1. The molecule has 1 aromatic rings. The van der Waals surface area contributed by atoms with E-state index in [-0.39, 0.29) is 0 Å². The van der Waals surface area contributed by atoms with E-state index in [0.29, 0.717) is 0 Å². The minimum Gasteiger partial charge on any atom is -0.378 e. The van der Waals surface area contributed by atoms with E-state index in [9.17, 15) is 43.2 Å². The number of hydrogen-bond donors (Lipinski definition) is 1. The molecule has 15 heteroatoms. The summed E-state index contributed by atoms with van der Waals surface area (Å²) in [4.78, 5) is 0. The molecule has 0 radical (unpaired) electrons. The lowest BCUT2D eigenvalue weighted by atomic mass is 10.5. The van der Waals surface area contributed by atoms with Crippen LogP contribution in [0.1, 0.15) is 0 Å². The monoisotopic (exact) mass is 419 g/mol. The fourth-order valence-electron chi connectivity index (χ4n) is 1.02. The van der Waals surface area contributed by atoms with Crippen molar-refractivity contribution in [3.63, 3.8) is 0 Å². The number of aromatic nitrogens is 1. The summed E-state index contributed by atoms with van der Waals surface area (Å²) in [6.45, 7) is 1.70. The quantitative estimate of drug-likeness (QED) is 0.566. The molecule has 0 aliphatic rings. The zero-order chi connectivity index (χ0) is 19.9. The van der Waals surface area contributed by atoms with E-state index in [1.807, 2.05) is 30.6 Å². The summed E-state index contributed by atoms with van der Waals surface area (Å²) < 4.78 is 115. The Labute approximate surface area is 139 Å². The van der Waals surface area contributed by atoms with Crippen LogP contribution in [0.3, 0.4) is 0 Å². The van der Waals surface area contributed by atoms with Gasteiger partial charge in [-0.25, -0.2) is 21.4 Å². The highest BCUT2D eigenvalue weighted by molar-refractivity contribution is 8.05. The molecule has 1 rings (SSSR count). The molecule has 0 unspecified atom stereocenters. The second-order valence-corrected chi connectivity index (χ2v) is 7.69. The van der Waals surface area contributed by atoms with E-state index >= 15 is 0 Å². The van der Waals surface area contributed by atoms with Crippen LogP contribution in [0.2, 0.25) is 0 Å². The lowest BCUT2D eigenvalue weighted by molar-refractivity contribution is -0.698. The minimum atomic E-state index is -6.60. The molecule has 0 bridgehead atoms. The van der Waals surface area contributed by atoms with E-state index in [4.69, 9.17) is 4.74 Å². The third-order valence-corrected chi connectivity index (χ3v) is 5.13. The SMILES string of the molecule is COCC[n+]1ccccc1.O=S(=O)(NS(=O)(=O)C(F)(F)F)C(F)(F)F. The lowest BCUT2D eigenvalue weighted by Crippen LogP contribution is -2.45. The molecule has 1 N–H and O–H groups in total. The molecule has 0 amide bonds. The Morgan fingerprint density at radius 3 is 1.60 bits per heavy atom. The van der Waals surface area contributed by atoms with Crippen LogP contribution < -0.4 is 8.69 Å². The number of methoxy groups -OCH3 is 1. The molecule has 7 nitrogen and oxygen atoms in total. The summed E-state index contributed by atoms with van der Waals surface area (Å²) in [5, 5.41) is 0. The van der Waals surface area contributed by atoms with Crippen molar-refractivity contribution in [1.29, 1.82) is 0 Å². The largest absolute Gasteiger partial charge is 0.512 e. The van der Waals surface area contributed by atoms with Crippen LogP contribution in [0.5, 0.6) is 0 Å². The molecule has 146 valence electrons. The second kappa shape index (κ2) is 8.77. The minimum absolute atomic E-state index is 0.493. The zero-order valence-electron chi connectivity index (χ0n) is 12.4. The van der Waals surface area contributed by atoms with Crippen LogP contribution in [-0.2, 0) is 31.3 Å². The fraction of sp³-hybridized carbons (Fsp3) is 0.500. The first-order chi connectivity index (χ1) is 11.1. The zero-order valence-corrected chi connectivity index (χ0v) is 14.0. The molecule has 0 aromatic carbocycles. The molecule has 0 atom stereocenters. The van der Waals surface area contributed by atoms with Crippen LogP contribution in [0, 0.1) is 0 Å². The third kappa shape index (κ3) is 7.98. The summed E-state index contributed by atoms with van der Waals surface area (Å²) in [7, 11) is -11.5. The predicted molar refractivity (Wildman–Crippen MR) is 71.6 cm³/mol. The van der Waals surface area contributed by atoms with Gasteiger partial charge in [-0.05, 0) is 0 Å². The topological polar surface area (TPSA) is 93.4 Å². The number of alkyl halides is 6. The normalized spacial score (nSPS) is 13.1. The van der Waals surface area contributed by atoms with E-state index < -0.39 is 35.2 Å². The van der Waals surface area contributed by atoms with Gasteiger partial charge < -0.3 is 4.74 Å². The molecule has 0 aliphatic heterocycles. The molecule has 0 saturated carbocycles. The van der Waals surface area contributed by atoms with Gasteiger partial charge in [-0.1, -0.05) is 10.2 Å². The first-order valence-corrected chi connectivity index (χ1v) is 8.95. The van der Waals surface area contributed by atoms with Crippen LogP contribution in [0.15, 0.2) is 30.6 Å². The van der Waals surface area contributed by atoms with Gasteiger partial charge in [0, 0.05) is 19.2 Å². The van der Waals surface area contributed by atoms with Gasteiger partial charge in [-0.2, -0.15) is 26.3 Å². The van der Waals surface area contributed by atoms with Crippen molar-refractivity contribution in [2.75, 3.05) is 13.7 Å². The van der Waals surface area contributed by atoms with Crippen LogP contribution in [0.4, 0.5) is 26.3 Å². The summed E-state index contributed by atoms with van der Waals surface area (Å²) in [6, 6.07) is 6.02. The van der Waals surface area contributed by atoms with Gasteiger partial charge in [0.25, 0.3) is 0 Å². The van der Waals surface area contributed by atoms with E-state index in [2.05, 4.69) is 4.57 Å². The first-order valence-electron chi connectivity index (χ1n) is 5.98. The number of sulfonamides is 2. The van der Waals surface area contributed by atoms with Gasteiger partial charge >= 0.3 is 31.1 Å².